The highest BCUT2D eigenvalue weighted by atomic mass is 16.6. The van der Waals surface area contributed by atoms with Crippen LogP contribution in [0.15, 0.2) is 0 Å². The third-order valence-electron chi connectivity index (χ3n) is 3.11. The molecule has 1 aliphatic heterocycles. The van der Waals surface area contributed by atoms with Gasteiger partial charge in [0.2, 0.25) is 0 Å². The lowest BCUT2D eigenvalue weighted by molar-refractivity contribution is 0.0617. The fourth-order valence-electron chi connectivity index (χ4n) is 1.73. The molecule has 1 aliphatic rings. The molecule has 0 saturated carbocycles. The van der Waals surface area contributed by atoms with Gasteiger partial charge in [-0.2, -0.15) is 0 Å². The topological polar surface area (TPSA) is 79.4 Å². The van der Waals surface area contributed by atoms with E-state index in [2.05, 4.69) is 0 Å². The zero-order valence-corrected chi connectivity index (χ0v) is 10.2. The molecule has 16 heavy (non-hydrogen) atoms. The van der Waals surface area contributed by atoms with Gasteiger partial charge in [0.25, 0.3) is 0 Å². The van der Waals surface area contributed by atoms with Gasteiger partial charge in [0.1, 0.15) is 0 Å². The van der Waals surface area contributed by atoms with Crippen LogP contribution in [0.25, 0.3) is 0 Å². The summed E-state index contributed by atoms with van der Waals surface area (Å²) in [6.07, 6.45) is 1.11. The average Bonchev–Trinajstić information content (AvgIpc) is 2.17. The molecule has 1 amide bonds. The van der Waals surface area contributed by atoms with E-state index in [1.165, 1.54) is 0 Å². The number of hydrogen-bond acceptors (Lipinski definition) is 3. The third-order valence-corrected chi connectivity index (χ3v) is 3.11. The van der Waals surface area contributed by atoms with Crippen molar-refractivity contribution in [3.05, 3.63) is 0 Å². The van der Waals surface area contributed by atoms with Gasteiger partial charge < -0.3 is 15.4 Å². The fourth-order valence-corrected chi connectivity index (χ4v) is 1.73. The molecule has 0 atom stereocenters. The molecule has 0 spiro atoms. The molecule has 1 heterocycles. The molecular formula is C11H21N3O2. The molecule has 0 aromatic carbocycles. The molecule has 0 aromatic heterocycles. The molecule has 92 valence electrons. The molecule has 0 aromatic rings. The van der Waals surface area contributed by atoms with Crippen molar-refractivity contribution in [1.29, 1.82) is 5.41 Å². The maximum atomic E-state index is 11.6. The van der Waals surface area contributed by atoms with Crippen LogP contribution >= 0.6 is 0 Å². The van der Waals surface area contributed by atoms with Crippen molar-refractivity contribution in [2.45, 2.75) is 39.7 Å². The van der Waals surface area contributed by atoms with Gasteiger partial charge in [-0.3, -0.25) is 5.41 Å². The number of likely N-dealkylation sites (tertiary alicyclic amines) is 1. The van der Waals surface area contributed by atoms with Crippen molar-refractivity contribution in [2.24, 2.45) is 11.1 Å². The number of amides is 1. The second kappa shape index (κ2) is 4.72. The van der Waals surface area contributed by atoms with Crippen molar-refractivity contribution in [1.82, 2.24) is 4.90 Å². The lowest BCUT2D eigenvalue weighted by atomic mass is 9.79. The lowest BCUT2D eigenvalue weighted by Crippen LogP contribution is -2.47. The number of piperidine rings is 1. The van der Waals surface area contributed by atoms with Crippen LogP contribution in [0.3, 0.4) is 0 Å². The Kier molecular flexibility index (Phi) is 3.78. The van der Waals surface area contributed by atoms with Crippen molar-refractivity contribution in [2.75, 3.05) is 13.1 Å². The van der Waals surface area contributed by atoms with E-state index < -0.39 is 0 Å². The van der Waals surface area contributed by atoms with Crippen molar-refractivity contribution in [3.8, 4) is 0 Å². The summed E-state index contributed by atoms with van der Waals surface area (Å²) in [6.45, 7) is 6.87. The van der Waals surface area contributed by atoms with E-state index in [1.807, 2.05) is 20.8 Å². The van der Waals surface area contributed by atoms with E-state index in [9.17, 15) is 4.79 Å². The zero-order chi connectivity index (χ0) is 12.3. The van der Waals surface area contributed by atoms with Gasteiger partial charge in [0.05, 0.1) is 11.9 Å². The first-order chi connectivity index (χ1) is 7.35. The summed E-state index contributed by atoms with van der Waals surface area (Å²) >= 11 is 0. The average molecular weight is 227 g/mol. The minimum Gasteiger partial charge on any atom is -0.447 e. The van der Waals surface area contributed by atoms with Crippen LogP contribution in [0.4, 0.5) is 4.79 Å². The number of carbonyl (C=O) groups excluding carboxylic acids is 1. The first-order valence-corrected chi connectivity index (χ1v) is 5.65. The normalized spacial score (nSPS) is 19.6. The van der Waals surface area contributed by atoms with E-state index in [4.69, 9.17) is 15.9 Å². The van der Waals surface area contributed by atoms with Crippen LogP contribution in [0.2, 0.25) is 0 Å². The van der Waals surface area contributed by atoms with Gasteiger partial charge in [0, 0.05) is 18.5 Å². The summed E-state index contributed by atoms with van der Waals surface area (Å²) in [5.41, 5.74) is 5.30. The van der Waals surface area contributed by atoms with Crippen LogP contribution in [0.5, 0.6) is 0 Å². The van der Waals surface area contributed by atoms with Crippen molar-refractivity contribution < 1.29 is 9.53 Å². The number of ether oxygens (including phenoxy) is 1. The second-order valence-corrected chi connectivity index (χ2v) is 4.89. The first-order valence-electron chi connectivity index (χ1n) is 5.65. The van der Waals surface area contributed by atoms with E-state index in [-0.39, 0.29) is 23.4 Å². The Morgan fingerprint density at radius 1 is 1.44 bits per heavy atom. The number of nitrogens with zero attached hydrogens (tertiary/aromatic N) is 1. The molecule has 0 bridgehead atoms. The quantitative estimate of drug-likeness (QED) is 0.555. The highest BCUT2D eigenvalue weighted by Gasteiger charge is 2.34. The summed E-state index contributed by atoms with van der Waals surface area (Å²) in [5.74, 6) is 0.212. The number of amidine groups is 1. The number of nitrogens with two attached hydrogens (primary N) is 1. The molecule has 1 fully saturated rings. The summed E-state index contributed by atoms with van der Waals surface area (Å²) in [4.78, 5) is 13.3. The zero-order valence-electron chi connectivity index (χ0n) is 10.2. The number of nitrogens with one attached hydrogen (secondary N) is 1. The molecule has 0 unspecified atom stereocenters. The van der Waals surface area contributed by atoms with Crippen molar-refractivity contribution in [3.63, 3.8) is 0 Å². The van der Waals surface area contributed by atoms with Gasteiger partial charge in [-0.15, -0.1) is 0 Å². The Morgan fingerprint density at radius 2 is 1.94 bits per heavy atom. The van der Waals surface area contributed by atoms with E-state index in [0.29, 0.717) is 13.1 Å². The maximum Gasteiger partial charge on any atom is 0.410 e. The molecular weight excluding hydrogens is 206 g/mol. The van der Waals surface area contributed by atoms with E-state index in [1.54, 1.807) is 4.90 Å². The molecule has 0 aliphatic carbocycles. The fraction of sp³-hybridized carbons (Fsp3) is 0.818. The number of hydrogen-bond donors (Lipinski definition) is 2. The van der Waals surface area contributed by atoms with Gasteiger partial charge in [-0.1, -0.05) is 6.92 Å². The Hall–Kier alpha value is -1.26. The third kappa shape index (κ3) is 2.87. The summed E-state index contributed by atoms with van der Waals surface area (Å²) in [6, 6.07) is 0. The Balaban J connectivity index is 2.49. The largest absolute Gasteiger partial charge is 0.447 e. The summed E-state index contributed by atoms with van der Waals surface area (Å²) in [5, 5.41) is 7.51. The number of rotatable bonds is 2. The summed E-state index contributed by atoms with van der Waals surface area (Å²) in [7, 11) is 0. The maximum absolute atomic E-state index is 11.6. The van der Waals surface area contributed by atoms with Crippen LogP contribution in [-0.2, 0) is 4.74 Å². The van der Waals surface area contributed by atoms with E-state index in [0.717, 1.165) is 12.8 Å². The second-order valence-electron chi connectivity index (χ2n) is 4.89. The Bertz CT molecular complexity index is 281. The van der Waals surface area contributed by atoms with E-state index >= 15 is 0 Å². The van der Waals surface area contributed by atoms with Crippen molar-refractivity contribution >= 4 is 11.9 Å². The predicted octanol–water partition coefficient (Wildman–Crippen LogP) is 1.57. The van der Waals surface area contributed by atoms with Crippen LogP contribution in [-0.4, -0.2) is 36.0 Å². The minimum absolute atomic E-state index is 0.0892. The summed E-state index contributed by atoms with van der Waals surface area (Å²) < 4.78 is 5.12. The van der Waals surface area contributed by atoms with Crippen LogP contribution < -0.4 is 5.73 Å². The SMILES string of the molecule is CC(C)OC(=O)N1CCC(C)(C(=N)N)CC1. The molecule has 5 heteroatoms. The van der Waals surface area contributed by atoms with Gasteiger partial charge in [-0.25, -0.2) is 4.79 Å². The molecule has 0 radical (unpaired) electrons. The smallest absolute Gasteiger partial charge is 0.410 e. The van der Waals surface area contributed by atoms with Gasteiger partial charge in [-0.05, 0) is 26.7 Å². The Morgan fingerprint density at radius 3 is 2.31 bits per heavy atom. The molecule has 3 N–H and O–H groups in total. The minimum atomic E-state index is -0.263. The highest BCUT2D eigenvalue weighted by Crippen LogP contribution is 2.30. The standard InChI is InChI=1S/C11H21N3O2/c1-8(2)16-10(15)14-6-4-11(3,5-7-14)9(12)13/h8H,4-7H2,1-3H3,(H3,12,13). The predicted molar refractivity (Wildman–Crippen MR) is 62.4 cm³/mol. The molecule has 1 saturated heterocycles. The van der Waals surface area contributed by atoms with Gasteiger partial charge in [0.15, 0.2) is 0 Å². The van der Waals surface area contributed by atoms with Crippen LogP contribution in [0.1, 0.15) is 33.6 Å². The monoisotopic (exact) mass is 227 g/mol. The Labute approximate surface area is 96.4 Å². The first kappa shape index (κ1) is 12.8. The van der Waals surface area contributed by atoms with Crippen LogP contribution in [0, 0.1) is 10.8 Å². The van der Waals surface area contributed by atoms with Gasteiger partial charge >= 0.3 is 6.09 Å². The lowest BCUT2D eigenvalue weighted by Gasteiger charge is -2.38. The highest BCUT2D eigenvalue weighted by molar-refractivity contribution is 5.83. The molecule has 5 nitrogen and oxygen atoms in total. The number of carbonyl (C=O) groups is 1. The molecule has 1 rings (SSSR count).